The molecule has 0 amide bonds. The van der Waals surface area contributed by atoms with Crippen molar-refractivity contribution in [3.63, 3.8) is 0 Å². The first-order valence-electron chi connectivity index (χ1n) is 17.8. The summed E-state index contributed by atoms with van der Waals surface area (Å²) in [6.07, 6.45) is 40.7. The lowest BCUT2D eigenvalue weighted by Gasteiger charge is -2.59. The Bertz CT molecular complexity index is 727. The summed E-state index contributed by atoms with van der Waals surface area (Å²) in [6, 6.07) is 2.77. The van der Waals surface area contributed by atoms with Gasteiger partial charge in [0, 0.05) is 18.1 Å². The van der Waals surface area contributed by atoms with Crippen LogP contribution >= 0.6 is 0 Å². The summed E-state index contributed by atoms with van der Waals surface area (Å²) >= 11 is 0. The van der Waals surface area contributed by atoms with Crippen LogP contribution in [0.3, 0.4) is 0 Å². The summed E-state index contributed by atoms with van der Waals surface area (Å²) < 4.78 is 0. The molecule has 0 heterocycles. The van der Waals surface area contributed by atoms with E-state index >= 15 is 0 Å². The van der Waals surface area contributed by atoms with E-state index in [4.69, 9.17) is 0 Å². The molecule has 7 atom stereocenters. The predicted molar refractivity (Wildman–Crippen MR) is 156 cm³/mol. The van der Waals surface area contributed by atoms with E-state index in [-0.39, 0.29) is 0 Å². The fourth-order valence-corrected chi connectivity index (χ4v) is 12.1. The number of rotatable bonds is 5. The molecule has 37 heavy (non-hydrogen) atoms. The Hall–Kier alpha value is -0.300. The molecule has 1 heteroatoms. The third kappa shape index (κ3) is 5.27. The summed E-state index contributed by atoms with van der Waals surface area (Å²) in [5.41, 5.74) is 0. The maximum atomic E-state index is 3.17. The highest BCUT2D eigenvalue weighted by molar-refractivity contribution is 5.07. The smallest absolute Gasteiger partial charge is 0.0102 e. The maximum absolute atomic E-state index is 3.17. The topological polar surface area (TPSA) is 3.24 Å². The molecule has 7 fully saturated rings. The summed E-state index contributed by atoms with van der Waals surface area (Å²) in [4.78, 5) is 3.17. The van der Waals surface area contributed by atoms with Gasteiger partial charge in [0.05, 0.1) is 0 Å². The van der Waals surface area contributed by atoms with Crippen molar-refractivity contribution < 1.29 is 0 Å². The van der Waals surface area contributed by atoms with Crippen molar-refractivity contribution in [2.24, 2.45) is 47.3 Å². The lowest BCUT2D eigenvalue weighted by atomic mass is 9.46. The summed E-state index contributed by atoms with van der Waals surface area (Å²) in [5.74, 6) is 8.49. The van der Waals surface area contributed by atoms with Gasteiger partial charge in [0.2, 0.25) is 0 Å². The molecule has 0 aromatic rings. The molecular formula is C36H59N. The molecule has 7 rings (SSSR count). The zero-order valence-corrected chi connectivity index (χ0v) is 24.2. The van der Waals surface area contributed by atoms with Crippen LogP contribution in [-0.2, 0) is 0 Å². The standard InChI is InChI=1S/C36H59N/c1-3-10-31(11-4-1)37(32-12-5-2-6-13-32)33-23-15-26(16-24-33)14-17-27-18-19-30-21-20-28-8-7-9-29-22-25-34(27)36(30)35(28)29/h14,17,26-36H,1-13,15-16,18-25H2. The van der Waals surface area contributed by atoms with Crippen LogP contribution in [0, 0.1) is 47.3 Å². The van der Waals surface area contributed by atoms with Gasteiger partial charge in [0.1, 0.15) is 0 Å². The second-order valence-corrected chi connectivity index (χ2v) is 15.4. The van der Waals surface area contributed by atoms with Crippen LogP contribution in [0.25, 0.3) is 0 Å². The average Bonchev–Trinajstić information content (AvgIpc) is 2.97. The quantitative estimate of drug-likeness (QED) is 0.336. The summed E-state index contributed by atoms with van der Waals surface area (Å²) in [6.45, 7) is 0. The molecule has 0 saturated heterocycles. The molecule has 1 nitrogen and oxygen atoms in total. The Labute approximate surface area is 230 Å². The minimum Gasteiger partial charge on any atom is -0.294 e. The molecule has 7 aliphatic carbocycles. The largest absolute Gasteiger partial charge is 0.294 e. The zero-order chi connectivity index (χ0) is 24.6. The van der Waals surface area contributed by atoms with Gasteiger partial charge in [-0.1, -0.05) is 69.9 Å². The summed E-state index contributed by atoms with van der Waals surface area (Å²) in [7, 11) is 0. The predicted octanol–water partition coefficient (Wildman–Crippen LogP) is 9.95. The van der Waals surface area contributed by atoms with E-state index in [0.29, 0.717) is 0 Å². The molecule has 0 radical (unpaired) electrons. The number of hydrogen-bond donors (Lipinski definition) is 0. The highest BCUT2D eigenvalue weighted by Gasteiger charge is 2.53. The number of allylic oxidation sites excluding steroid dienone is 2. The SMILES string of the molecule is C(=CC1CCC2CCC3CCCC4CCC1C2C34)C1CCC(N(C2CCCCC2)C2CCCCC2)CC1. The molecule has 7 unspecified atom stereocenters. The van der Waals surface area contributed by atoms with E-state index < -0.39 is 0 Å². The number of hydrogen-bond acceptors (Lipinski definition) is 1. The normalized spacial score (nSPS) is 45.7. The first-order valence-corrected chi connectivity index (χ1v) is 17.8. The monoisotopic (exact) mass is 505 g/mol. The lowest BCUT2D eigenvalue weighted by molar-refractivity contribution is -0.0889. The molecule has 0 aliphatic heterocycles. The average molecular weight is 506 g/mol. The van der Waals surface area contributed by atoms with Crippen LogP contribution in [0.2, 0.25) is 0 Å². The fourth-order valence-electron chi connectivity index (χ4n) is 12.1. The van der Waals surface area contributed by atoms with Gasteiger partial charge < -0.3 is 0 Å². The van der Waals surface area contributed by atoms with Crippen LogP contribution in [0.4, 0.5) is 0 Å². The Morgan fingerprint density at radius 2 is 0.919 bits per heavy atom. The van der Waals surface area contributed by atoms with E-state index in [1.807, 2.05) is 0 Å². The van der Waals surface area contributed by atoms with E-state index in [0.717, 1.165) is 65.5 Å². The van der Waals surface area contributed by atoms with Crippen LogP contribution < -0.4 is 0 Å². The first-order chi connectivity index (χ1) is 18.3. The molecule has 7 saturated carbocycles. The first kappa shape index (κ1) is 25.7. The van der Waals surface area contributed by atoms with Crippen molar-refractivity contribution >= 4 is 0 Å². The van der Waals surface area contributed by atoms with Gasteiger partial charge >= 0.3 is 0 Å². The molecule has 0 aromatic heterocycles. The van der Waals surface area contributed by atoms with Crippen molar-refractivity contribution in [2.75, 3.05) is 0 Å². The van der Waals surface area contributed by atoms with Gasteiger partial charge in [-0.25, -0.2) is 0 Å². The Balaban J connectivity index is 0.979. The van der Waals surface area contributed by atoms with Crippen molar-refractivity contribution in [1.29, 1.82) is 0 Å². The Morgan fingerprint density at radius 3 is 1.57 bits per heavy atom. The molecule has 0 bridgehead atoms. The van der Waals surface area contributed by atoms with Crippen molar-refractivity contribution in [3.8, 4) is 0 Å². The van der Waals surface area contributed by atoms with Crippen molar-refractivity contribution in [3.05, 3.63) is 12.2 Å². The van der Waals surface area contributed by atoms with Crippen molar-refractivity contribution in [2.45, 2.75) is 166 Å². The molecule has 0 spiro atoms. The molecule has 0 N–H and O–H groups in total. The molecule has 208 valence electrons. The van der Waals surface area contributed by atoms with Gasteiger partial charge in [0.15, 0.2) is 0 Å². The highest BCUT2D eigenvalue weighted by Crippen LogP contribution is 2.61. The lowest BCUT2D eigenvalue weighted by Crippen LogP contribution is -2.52. The van der Waals surface area contributed by atoms with Gasteiger partial charge in [-0.3, -0.25) is 4.90 Å². The van der Waals surface area contributed by atoms with Gasteiger partial charge in [0.25, 0.3) is 0 Å². The molecular weight excluding hydrogens is 446 g/mol. The third-order valence-electron chi connectivity index (χ3n) is 13.7. The Morgan fingerprint density at radius 1 is 0.378 bits per heavy atom. The maximum Gasteiger partial charge on any atom is 0.0102 e. The van der Waals surface area contributed by atoms with E-state index in [9.17, 15) is 0 Å². The minimum absolute atomic E-state index is 0.888. The van der Waals surface area contributed by atoms with E-state index in [2.05, 4.69) is 17.1 Å². The fraction of sp³-hybridized carbons (Fsp3) is 0.944. The third-order valence-corrected chi connectivity index (χ3v) is 13.7. The van der Waals surface area contributed by atoms with Gasteiger partial charge in [-0.05, 0) is 137 Å². The second-order valence-electron chi connectivity index (χ2n) is 15.4. The molecule has 0 aromatic carbocycles. The Kier molecular flexibility index (Phi) is 8.09. The minimum atomic E-state index is 0.888. The number of nitrogens with zero attached hydrogens (tertiary/aromatic N) is 1. The second kappa shape index (κ2) is 11.7. The zero-order valence-electron chi connectivity index (χ0n) is 24.2. The van der Waals surface area contributed by atoms with Crippen LogP contribution in [0.15, 0.2) is 12.2 Å². The summed E-state index contributed by atoms with van der Waals surface area (Å²) in [5, 5.41) is 0. The van der Waals surface area contributed by atoms with Crippen LogP contribution in [-0.4, -0.2) is 23.0 Å². The van der Waals surface area contributed by atoms with Gasteiger partial charge in [-0.2, -0.15) is 0 Å². The van der Waals surface area contributed by atoms with Crippen molar-refractivity contribution in [1.82, 2.24) is 4.90 Å². The van der Waals surface area contributed by atoms with E-state index in [1.54, 1.807) is 51.4 Å². The van der Waals surface area contributed by atoms with E-state index in [1.165, 1.54) is 96.3 Å². The van der Waals surface area contributed by atoms with Crippen LogP contribution in [0.5, 0.6) is 0 Å². The highest BCUT2D eigenvalue weighted by atomic mass is 15.2. The molecule has 7 aliphatic rings. The van der Waals surface area contributed by atoms with Crippen LogP contribution in [0.1, 0.15) is 148 Å². The van der Waals surface area contributed by atoms with Gasteiger partial charge in [-0.15, -0.1) is 0 Å².